The van der Waals surface area contributed by atoms with Crippen molar-refractivity contribution in [3.8, 4) is 0 Å². The smallest absolute Gasteiger partial charge is 0.226 e. The van der Waals surface area contributed by atoms with Crippen LogP contribution in [-0.2, 0) is 11.3 Å². The van der Waals surface area contributed by atoms with Crippen LogP contribution in [0.3, 0.4) is 0 Å². The highest BCUT2D eigenvalue weighted by molar-refractivity contribution is 6.31. The highest BCUT2D eigenvalue weighted by atomic mass is 35.5. The molecular formula is C19H25ClFN3O. The summed E-state index contributed by atoms with van der Waals surface area (Å²) in [6, 6.07) is 4.56. The van der Waals surface area contributed by atoms with Crippen LogP contribution in [-0.4, -0.2) is 55.0 Å². The summed E-state index contributed by atoms with van der Waals surface area (Å²) in [5.41, 5.74) is 1.25. The van der Waals surface area contributed by atoms with Gasteiger partial charge in [-0.25, -0.2) is 4.39 Å². The van der Waals surface area contributed by atoms with Crippen LogP contribution < -0.4 is 5.32 Å². The minimum Gasteiger partial charge on any atom is -0.340 e. The molecule has 1 amide bonds. The van der Waals surface area contributed by atoms with Crippen molar-refractivity contribution in [2.75, 3.05) is 39.3 Å². The minimum absolute atomic E-state index is 0.257. The van der Waals surface area contributed by atoms with E-state index in [1.165, 1.54) is 12.1 Å². The summed E-state index contributed by atoms with van der Waals surface area (Å²) in [6.07, 6.45) is 3.37. The van der Waals surface area contributed by atoms with Crippen LogP contribution in [0, 0.1) is 17.2 Å². The molecule has 0 bridgehead atoms. The maximum Gasteiger partial charge on any atom is 0.226 e. The van der Waals surface area contributed by atoms with Crippen molar-refractivity contribution in [3.05, 3.63) is 34.6 Å². The van der Waals surface area contributed by atoms with Gasteiger partial charge in [0.05, 0.1) is 0 Å². The summed E-state index contributed by atoms with van der Waals surface area (Å²) in [5.74, 6) is 0.314. The first kappa shape index (κ1) is 17.3. The van der Waals surface area contributed by atoms with Gasteiger partial charge in [-0.1, -0.05) is 17.7 Å². The number of piperazine rings is 1. The Balaban J connectivity index is 1.29. The van der Waals surface area contributed by atoms with E-state index in [9.17, 15) is 9.18 Å². The summed E-state index contributed by atoms with van der Waals surface area (Å²) >= 11 is 6.12. The molecule has 3 fully saturated rings. The third-order valence-electron chi connectivity index (χ3n) is 6.18. The zero-order valence-electron chi connectivity index (χ0n) is 14.4. The minimum atomic E-state index is -0.305. The van der Waals surface area contributed by atoms with E-state index in [2.05, 4.69) is 10.2 Å². The van der Waals surface area contributed by atoms with Crippen LogP contribution >= 0.6 is 11.6 Å². The van der Waals surface area contributed by atoms with Gasteiger partial charge in [0.15, 0.2) is 0 Å². The van der Waals surface area contributed by atoms with Crippen molar-refractivity contribution in [2.45, 2.75) is 25.8 Å². The Morgan fingerprint density at radius 3 is 2.64 bits per heavy atom. The molecular weight excluding hydrogens is 341 g/mol. The van der Waals surface area contributed by atoms with Crippen molar-refractivity contribution >= 4 is 17.5 Å². The molecule has 1 spiro atoms. The zero-order chi connectivity index (χ0) is 17.4. The van der Waals surface area contributed by atoms with Crippen LogP contribution in [0.2, 0.25) is 5.02 Å². The van der Waals surface area contributed by atoms with Crippen molar-refractivity contribution in [2.24, 2.45) is 11.3 Å². The van der Waals surface area contributed by atoms with Gasteiger partial charge in [0.25, 0.3) is 0 Å². The summed E-state index contributed by atoms with van der Waals surface area (Å²) in [4.78, 5) is 17.1. The van der Waals surface area contributed by atoms with Crippen molar-refractivity contribution < 1.29 is 9.18 Å². The molecule has 1 aromatic rings. The van der Waals surface area contributed by atoms with Crippen LogP contribution in [0.5, 0.6) is 0 Å². The lowest BCUT2D eigenvalue weighted by Crippen LogP contribution is -2.49. The highest BCUT2D eigenvalue weighted by Crippen LogP contribution is 2.59. The topological polar surface area (TPSA) is 35.6 Å². The number of amides is 1. The molecule has 1 unspecified atom stereocenters. The normalized spacial score (nSPS) is 26.0. The number of halogens is 2. The molecule has 2 heterocycles. The van der Waals surface area contributed by atoms with Gasteiger partial charge >= 0.3 is 0 Å². The second-order valence-corrected chi connectivity index (χ2v) is 8.11. The highest BCUT2D eigenvalue weighted by Gasteiger charge is 2.58. The average molecular weight is 366 g/mol. The van der Waals surface area contributed by atoms with Crippen LogP contribution in [0.15, 0.2) is 18.2 Å². The number of piperidine rings is 1. The van der Waals surface area contributed by atoms with Crippen molar-refractivity contribution in [3.63, 3.8) is 0 Å². The molecule has 6 heteroatoms. The molecule has 2 saturated heterocycles. The standard InChI is InChI=1S/C19H25ClFN3O/c20-17-11-15(21)2-1-14(17)13-23-7-9-24(10-8-23)18(25)16-12-19(16)3-5-22-6-4-19/h1-2,11,16,22H,3-10,12-13H2. The largest absolute Gasteiger partial charge is 0.340 e. The Labute approximate surface area is 153 Å². The Kier molecular flexibility index (Phi) is 4.73. The van der Waals surface area contributed by atoms with Crippen LogP contribution in [0.1, 0.15) is 24.8 Å². The van der Waals surface area contributed by atoms with Crippen LogP contribution in [0.25, 0.3) is 0 Å². The van der Waals surface area contributed by atoms with E-state index < -0.39 is 0 Å². The first-order valence-electron chi connectivity index (χ1n) is 9.23. The first-order valence-corrected chi connectivity index (χ1v) is 9.61. The Morgan fingerprint density at radius 1 is 1.24 bits per heavy atom. The van der Waals surface area contributed by atoms with E-state index in [4.69, 9.17) is 11.6 Å². The quantitative estimate of drug-likeness (QED) is 0.894. The molecule has 3 aliphatic rings. The first-order chi connectivity index (χ1) is 12.1. The molecule has 4 nitrogen and oxygen atoms in total. The third-order valence-corrected chi connectivity index (χ3v) is 6.53. The van der Waals surface area contributed by atoms with E-state index in [0.717, 1.165) is 64.1 Å². The summed E-state index contributed by atoms with van der Waals surface area (Å²) in [7, 11) is 0. The Hall–Kier alpha value is -1.17. The molecule has 2 aliphatic heterocycles. The number of benzene rings is 1. The van der Waals surface area contributed by atoms with E-state index in [1.807, 2.05) is 4.90 Å². The molecule has 1 atom stereocenters. The van der Waals surface area contributed by atoms with Gasteiger partial charge in [0, 0.05) is 43.7 Å². The van der Waals surface area contributed by atoms with Gasteiger partial charge in [-0.3, -0.25) is 9.69 Å². The number of carbonyl (C=O) groups excluding carboxylic acids is 1. The van der Waals surface area contributed by atoms with Gasteiger partial charge < -0.3 is 10.2 Å². The van der Waals surface area contributed by atoms with E-state index in [1.54, 1.807) is 6.07 Å². The Bertz CT molecular complexity index is 654. The number of nitrogens with one attached hydrogen (secondary N) is 1. The second-order valence-electron chi connectivity index (χ2n) is 7.71. The molecule has 0 aromatic heterocycles. The summed E-state index contributed by atoms with van der Waals surface area (Å²) < 4.78 is 13.2. The lowest BCUT2D eigenvalue weighted by atomic mass is 9.91. The maximum absolute atomic E-state index is 13.2. The van der Waals surface area contributed by atoms with Crippen LogP contribution in [0.4, 0.5) is 4.39 Å². The van der Waals surface area contributed by atoms with E-state index in [-0.39, 0.29) is 11.7 Å². The maximum atomic E-state index is 13.2. The Morgan fingerprint density at radius 2 is 1.96 bits per heavy atom. The van der Waals surface area contributed by atoms with E-state index in [0.29, 0.717) is 22.9 Å². The summed E-state index contributed by atoms with van der Waals surface area (Å²) in [6.45, 7) is 6.07. The fourth-order valence-electron chi connectivity index (χ4n) is 4.41. The van der Waals surface area contributed by atoms with E-state index >= 15 is 0 Å². The predicted octanol–water partition coefficient (Wildman–Crippen LogP) is 2.51. The van der Waals surface area contributed by atoms with Gasteiger partial charge in [-0.05, 0) is 55.5 Å². The molecule has 4 rings (SSSR count). The zero-order valence-corrected chi connectivity index (χ0v) is 15.2. The molecule has 1 aliphatic carbocycles. The average Bonchev–Trinajstić information content (AvgIpc) is 3.31. The van der Waals surface area contributed by atoms with Gasteiger partial charge in [0.1, 0.15) is 5.82 Å². The fourth-order valence-corrected chi connectivity index (χ4v) is 4.64. The molecule has 1 aromatic carbocycles. The SMILES string of the molecule is O=C(C1CC12CCNCC2)N1CCN(Cc2ccc(F)cc2Cl)CC1. The number of rotatable bonds is 3. The van der Waals surface area contributed by atoms with Gasteiger partial charge in [-0.15, -0.1) is 0 Å². The van der Waals surface area contributed by atoms with Gasteiger partial charge in [0.2, 0.25) is 5.91 Å². The molecule has 0 radical (unpaired) electrons. The molecule has 1 saturated carbocycles. The molecule has 25 heavy (non-hydrogen) atoms. The fraction of sp³-hybridized carbons (Fsp3) is 0.632. The molecule has 136 valence electrons. The van der Waals surface area contributed by atoms with Crippen molar-refractivity contribution in [1.29, 1.82) is 0 Å². The second kappa shape index (κ2) is 6.86. The van der Waals surface area contributed by atoms with Gasteiger partial charge in [-0.2, -0.15) is 0 Å². The number of carbonyl (C=O) groups is 1. The molecule has 1 N–H and O–H groups in total. The lowest BCUT2D eigenvalue weighted by Gasteiger charge is -2.35. The third kappa shape index (κ3) is 3.55. The predicted molar refractivity (Wildman–Crippen MR) is 95.9 cm³/mol. The van der Waals surface area contributed by atoms with Crippen molar-refractivity contribution in [1.82, 2.24) is 15.1 Å². The number of hydrogen-bond donors (Lipinski definition) is 1. The number of nitrogens with zero attached hydrogens (tertiary/aromatic N) is 2. The number of hydrogen-bond acceptors (Lipinski definition) is 3. The summed E-state index contributed by atoms with van der Waals surface area (Å²) in [5, 5.41) is 3.87. The monoisotopic (exact) mass is 365 g/mol. The lowest BCUT2D eigenvalue weighted by molar-refractivity contribution is -0.135.